The predicted octanol–water partition coefficient (Wildman–Crippen LogP) is 0.676. The first kappa shape index (κ1) is 10.9. The molecule has 0 amide bonds. The van der Waals surface area contributed by atoms with Gasteiger partial charge in [0.15, 0.2) is 0 Å². The molecular weight excluding hydrogens is 192 g/mol. The lowest BCUT2D eigenvalue weighted by atomic mass is 9.98. The van der Waals surface area contributed by atoms with Gasteiger partial charge in [0.2, 0.25) is 0 Å². The van der Waals surface area contributed by atoms with Crippen LogP contribution in [0.15, 0.2) is 0 Å². The van der Waals surface area contributed by atoms with Gasteiger partial charge < -0.3 is 15.3 Å². The summed E-state index contributed by atoms with van der Waals surface area (Å²) in [6.07, 6.45) is 5.06. The van der Waals surface area contributed by atoms with Crippen LogP contribution in [0, 0.1) is 0 Å². The molecule has 2 aliphatic carbocycles. The normalized spacial score (nSPS) is 36.1. The highest BCUT2D eigenvalue weighted by Crippen LogP contribution is 2.37. The molecule has 0 aromatic heterocycles. The molecule has 0 bridgehead atoms. The number of nitrogens with one attached hydrogen (secondary N) is 1. The molecule has 0 aliphatic heterocycles. The van der Waals surface area contributed by atoms with Crippen LogP contribution in [0.1, 0.15) is 32.1 Å². The van der Waals surface area contributed by atoms with E-state index in [0.29, 0.717) is 6.04 Å². The number of nitrogens with zero attached hydrogens (tertiary/aromatic N) is 1. The SMILES string of the molecule is CNC1(C(=O)O)CCC(N(C)C2CC2)C1. The van der Waals surface area contributed by atoms with Crippen LogP contribution in [-0.4, -0.2) is 47.7 Å². The van der Waals surface area contributed by atoms with Crippen LogP contribution >= 0.6 is 0 Å². The number of aliphatic carboxylic acids is 1. The molecule has 0 aromatic rings. The van der Waals surface area contributed by atoms with Crippen molar-refractivity contribution < 1.29 is 9.90 Å². The first-order valence-electron chi connectivity index (χ1n) is 5.73. The minimum absolute atomic E-state index is 0.445. The molecule has 86 valence electrons. The van der Waals surface area contributed by atoms with Crippen molar-refractivity contribution in [1.82, 2.24) is 10.2 Å². The van der Waals surface area contributed by atoms with E-state index in [1.54, 1.807) is 7.05 Å². The summed E-state index contributed by atoms with van der Waals surface area (Å²) in [6.45, 7) is 0. The van der Waals surface area contributed by atoms with E-state index >= 15 is 0 Å². The molecule has 0 spiro atoms. The average Bonchev–Trinajstić information content (AvgIpc) is 2.96. The van der Waals surface area contributed by atoms with Gasteiger partial charge in [-0.3, -0.25) is 4.79 Å². The van der Waals surface area contributed by atoms with Crippen molar-refractivity contribution in [2.24, 2.45) is 0 Å². The van der Waals surface area contributed by atoms with E-state index in [1.807, 2.05) is 0 Å². The van der Waals surface area contributed by atoms with Crippen LogP contribution in [0.2, 0.25) is 0 Å². The minimum Gasteiger partial charge on any atom is -0.480 e. The van der Waals surface area contributed by atoms with Gasteiger partial charge in [-0.05, 0) is 46.2 Å². The molecule has 0 heterocycles. The van der Waals surface area contributed by atoms with Crippen molar-refractivity contribution >= 4 is 5.97 Å². The molecule has 4 nitrogen and oxygen atoms in total. The highest BCUT2D eigenvalue weighted by Gasteiger charge is 2.47. The van der Waals surface area contributed by atoms with Gasteiger partial charge in [0.05, 0.1) is 0 Å². The van der Waals surface area contributed by atoms with E-state index in [2.05, 4.69) is 17.3 Å². The second-order valence-corrected chi connectivity index (χ2v) is 4.93. The maximum atomic E-state index is 11.2. The fourth-order valence-corrected chi connectivity index (χ4v) is 2.68. The summed E-state index contributed by atoms with van der Waals surface area (Å²) in [4.78, 5) is 13.6. The Morgan fingerprint density at radius 3 is 2.47 bits per heavy atom. The number of carbonyl (C=O) groups is 1. The van der Waals surface area contributed by atoms with Gasteiger partial charge in [0.1, 0.15) is 5.54 Å². The summed E-state index contributed by atoms with van der Waals surface area (Å²) in [5, 5.41) is 12.2. The molecule has 0 aromatic carbocycles. The van der Waals surface area contributed by atoms with Crippen molar-refractivity contribution in [3.05, 3.63) is 0 Å². The van der Waals surface area contributed by atoms with E-state index in [-0.39, 0.29) is 0 Å². The van der Waals surface area contributed by atoms with Crippen LogP contribution in [0.3, 0.4) is 0 Å². The minimum atomic E-state index is -0.698. The van der Waals surface area contributed by atoms with E-state index in [0.717, 1.165) is 25.3 Å². The lowest BCUT2D eigenvalue weighted by Crippen LogP contribution is -2.49. The molecule has 2 unspecified atom stereocenters. The van der Waals surface area contributed by atoms with Crippen molar-refractivity contribution in [3.63, 3.8) is 0 Å². The zero-order valence-corrected chi connectivity index (χ0v) is 9.49. The Morgan fingerprint density at radius 2 is 2.07 bits per heavy atom. The number of carboxylic acids is 1. The Labute approximate surface area is 90.6 Å². The van der Waals surface area contributed by atoms with Gasteiger partial charge in [-0.25, -0.2) is 0 Å². The quantitative estimate of drug-likeness (QED) is 0.719. The van der Waals surface area contributed by atoms with Crippen molar-refractivity contribution in [1.29, 1.82) is 0 Å². The molecule has 4 heteroatoms. The van der Waals surface area contributed by atoms with E-state index in [4.69, 9.17) is 0 Å². The standard InChI is InChI=1S/C11H20N2O2/c1-12-11(10(14)15)6-5-9(7-11)13(2)8-3-4-8/h8-9,12H,3-7H2,1-2H3,(H,14,15). The summed E-state index contributed by atoms with van der Waals surface area (Å²) in [5.74, 6) is -0.698. The number of rotatable bonds is 4. The van der Waals surface area contributed by atoms with Gasteiger partial charge in [0.25, 0.3) is 0 Å². The Morgan fingerprint density at radius 1 is 1.40 bits per heavy atom. The Bertz CT molecular complexity index is 265. The van der Waals surface area contributed by atoms with E-state index < -0.39 is 11.5 Å². The van der Waals surface area contributed by atoms with E-state index in [1.165, 1.54) is 12.8 Å². The monoisotopic (exact) mass is 212 g/mol. The van der Waals surface area contributed by atoms with Gasteiger partial charge in [0, 0.05) is 12.1 Å². The number of likely N-dealkylation sites (N-methyl/N-ethyl adjacent to an activating group) is 1. The maximum Gasteiger partial charge on any atom is 0.323 e. The summed E-state index contributed by atoms with van der Waals surface area (Å²) in [7, 11) is 3.89. The Kier molecular flexibility index (Phi) is 2.73. The summed E-state index contributed by atoms with van der Waals surface area (Å²) < 4.78 is 0. The molecule has 0 saturated heterocycles. The molecule has 15 heavy (non-hydrogen) atoms. The predicted molar refractivity (Wildman–Crippen MR) is 57.9 cm³/mol. The topological polar surface area (TPSA) is 52.6 Å². The van der Waals surface area contributed by atoms with Gasteiger partial charge >= 0.3 is 5.97 Å². The molecule has 0 radical (unpaired) electrons. The zero-order valence-electron chi connectivity index (χ0n) is 9.49. The van der Waals surface area contributed by atoms with Crippen LogP contribution < -0.4 is 5.32 Å². The molecule has 2 aliphatic rings. The summed E-state index contributed by atoms with van der Waals surface area (Å²) >= 11 is 0. The molecule has 2 N–H and O–H groups in total. The molecule has 2 atom stereocenters. The second kappa shape index (κ2) is 3.76. The molecule has 2 saturated carbocycles. The third-order valence-corrected chi connectivity index (χ3v) is 4.08. The molecule has 2 fully saturated rings. The smallest absolute Gasteiger partial charge is 0.323 e. The Balaban J connectivity index is 2.00. The number of hydrogen-bond acceptors (Lipinski definition) is 3. The fourth-order valence-electron chi connectivity index (χ4n) is 2.68. The van der Waals surface area contributed by atoms with Crippen LogP contribution in [0.25, 0.3) is 0 Å². The van der Waals surface area contributed by atoms with Crippen molar-refractivity contribution in [3.8, 4) is 0 Å². The van der Waals surface area contributed by atoms with Crippen molar-refractivity contribution in [2.45, 2.75) is 49.7 Å². The van der Waals surface area contributed by atoms with Crippen LogP contribution in [0.4, 0.5) is 0 Å². The largest absolute Gasteiger partial charge is 0.480 e. The van der Waals surface area contributed by atoms with Crippen LogP contribution in [-0.2, 0) is 4.79 Å². The average molecular weight is 212 g/mol. The third kappa shape index (κ3) is 1.88. The molecular formula is C11H20N2O2. The fraction of sp³-hybridized carbons (Fsp3) is 0.909. The second-order valence-electron chi connectivity index (χ2n) is 4.93. The van der Waals surface area contributed by atoms with E-state index in [9.17, 15) is 9.90 Å². The van der Waals surface area contributed by atoms with Gasteiger partial charge in [-0.2, -0.15) is 0 Å². The first-order valence-corrected chi connectivity index (χ1v) is 5.73. The number of carboxylic acid groups (broad SMARTS) is 1. The zero-order chi connectivity index (χ0) is 11.1. The first-order chi connectivity index (χ1) is 7.09. The highest BCUT2D eigenvalue weighted by molar-refractivity contribution is 5.79. The Hall–Kier alpha value is -0.610. The lowest BCUT2D eigenvalue weighted by molar-refractivity contribution is -0.144. The van der Waals surface area contributed by atoms with Crippen LogP contribution in [0.5, 0.6) is 0 Å². The summed E-state index contributed by atoms with van der Waals surface area (Å²) in [5.41, 5.74) is -0.673. The molecule has 2 rings (SSSR count). The maximum absolute atomic E-state index is 11.2. The summed E-state index contributed by atoms with van der Waals surface area (Å²) in [6, 6.07) is 1.16. The third-order valence-electron chi connectivity index (χ3n) is 4.08. The van der Waals surface area contributed by atoms with Gasteiger partial charge in [-0.15, -0.1) is 0 Å². The van der Waals surface area contributed by atoms with Crippen molar-refractivity contribution in [2.75, 3.05) is 14.1 Å². The highest BCUT2D eigenvalue weighted by atomic mass is 16.4. The lowest BCUT2D eigenvalue weighted by Gasteiger charge is -2.27. The van der Waals surface area contributed by atoms with Gasteiger partial charge in [-0.1, -0.05) is 0 Å². The number of hydrogen-bond donors (Lipinski definition) is 2.